The van der Waals surface area contributed by atoms with Crippen molar-refractivity contribution in [2.45, 2.75) is 0 Å². The molecular weight excluding hydrogens is 224 g/mol. The first-order chi connectivity index (χ1) is 7.66. The van der Waals surface area contributed by atoms with Gasteiger partial charge in [0, 0.05) is 23.0 Å². The van der Waals surface area contributed by atoms with Crippen molar-refractivity contribution in [3.8, 4) is 11.1 Å². The summed E-state index contributed by atoms with van der Waals surface area (Å²) in [6, 6.07) is 9.01. The molecule has 1 aromatic heterocycles. The lowest BCUT2D eigenvalue weighted by Gasteiger charge is -2.02. The first-order valence-corrected chi connectivity index (χ1v) is 5.05. The van der Waals surface area contributed by atoms with Crippen molar-refractivity contribution in [1.82, 2.24) is 4.98 Å². The van der Waals surface area contributed by atoms with Gasteiger partial charge < -0.3 is 5.73 Å². The van der Waals surface area contributed by atoms with E-state index in [9.17, 15) is 4.79 Å². The third-order valence-electron chi connectivity index (χ3n) is 2.20. The summed E-state index contributed by atoms with van der Waals surface area (Å²) >= 11 is 5.79. The van der Waals surface area contributed by atoms with Crippen LogP contribution in [0.1, 0.15) is 10.4 Å². The molecule has 0 fully saturated rings. The van der Waals surface area contributed by atoms with Gasteiger partial charge in [0.1, 0.15) is 0 Å². The lowest BCUT2D eigenvalue weighted by atomic mass is 10.1. The maximum Gasteiger partial charge on any atom is 0.250 e. The van der Waals surface area contributed by atoms with Crippen molar-refractivity contribution in [3.05, 3.63) is 53.3 Å². The zero-order chi connectivity index (χ0) is 11.5. The highest BCUT2D eigenvalue weighted by Gasteiger charge is 2.03. The van der Waals surface area contributed by atoms with Crippen LogP contribution in [0.15, 0.2) is 42.7 Å². The van der Waals surface area contributed by atoms with Crippen molar-refractivity contribution in [2.75, 3.05) is 0 Å². The van der Waals surface area contributed by atoms with Gasteiger partial charge in [-0.2, -0.15) is 0 Å². The molecule has 0 spiro atoms. The zero-order valence-corrected chi connectivity index (χ0v) is 9.11. The van der Waals surface area contributed by atoms with Crippen LogP contribution in [-0.2, 0) is 0 Å². The topological polar surface area (TPSA) is 56.0 Å². The van der Waals surface area contributed by atoms with Gasteiger partial charge in [0.15, 0.2) is 0 Å². The van der Waals surface area contributed by atoms with E-state index in [0.717, 1.165) is 11.1 Å². The average molecular weight is 233 g/mol. The lowest BCUT2D eigenvalue weighted by Crippen LogP contribution is -2.11. The molecule has 4 heteroatoms. The van der Waals surface area contributed by atoms with Crippen molar-refractivity contribution >= 4 is 17.5 Å². The number of halogens is 1. The Morgan fingerprint density at radius 2 is 1.81 bits per heavy atom. The van der Waals surface area contributed by atoms with Crippen molar-refractivity contribution < 1.29 is 4.79 Å². The number of nitrogens with zero attached hydrogens (tertiary/aromatic N) is 1. The highest BCUT2D eigenvalue weighted by Crippen LogP contribution is 2.21. The fourth-order valence-electron chi connectivity index (χ4n) is 1.37. The smallest absolute Gasteiger partial charge is 0.250 e. The molecule has 2 aromatic rings. The second-order valence-corrected chi connectivity index (χ2v) is 3.77. The van der Waals surface area contributed by atoms with Crippen molar-refractivity contribution in [1.29, 1.82) is 0 Å². The summed E-state index contributed by atoms with van der Waals surface area (Å²) in [4.78, 5) is 15.0. The Hall–Kier alpha value is -1.87. The Balaban J connectivity index is 2.44. The van der Waals surface area contributed by atoms with E-state index in [0.29, 0.717) is 10.6 Å². The summed E-state index contributed by atoms with van der Waals surface area (Å²) < 4.78 is 0. The summed E-state index contributed by atoms with van der Waals surface area (Å²) in [7, 11) is 0. The third kappa shape index (κ3) is 2.20. The van der Waals surface area contributed by atoms with Gasteiger partial charge in [-0.25, -0.2) is 0 Å². The molecule has 0 saturated heterocycles. The predicted octanol–water partition coefficient (Wildman–Crippen LogP) is 2.50. The molecule has 0 aliphatic heterocycles. The average Bonchev–Trinajstić information content (AvgIpc) is 2.30. The van der Waals surface area contributed by atoms with Crippen LogP contribution in [0, 0.1) is 0 Å². The monoisotopic (exact) mass is 232 g/mol. The molecule has 2 rings (SSSR count). The standard InChI is InChI=1S/C12H9ClN2O/c13-11-3-1-8(2-4-11)9-5-10(12(14)16)7-15-6-9/h1-7H,(H2,14,16). The van der Waals surface area contributed by atoms with E-state index in [-0.39, 0.29) is 0 Å². The largest absolute Gasteiger partial charge is 0.366 e. The van der Waals surface area contributed by atoms with Crippen LogP contribution in [-0.4, -0.2) is 10.9 Å². The van der Waals surface area contributed by atoms with Gasteiger partial charge in [0.05, 0.1) is 5.56 Å². The number of amides is 1. The van der Waals surface area contributed by atoms with Crippen LogP contribution in [0.25, 0.3) is 11.1 Å². The van der Waals surface area contributed by atoms with Gasteiger partial charge in [-0.05, 0) is 23.8 Å². The molecule has 0 atom stereocenters. The number of hydrogen-bond acceptors (Lipinski definition) is 2. The van der Waals surface area contributed by atoms with E-state index < -0.39 is 5.91 Å². The van der Waals surface area contributed by atoms with Crippen LogP contribution in [0.3, 0.4) is 0 Å². The Kier molecular flexibility index (Phi) is 2.88. The van der Waals surface area contributed by atoms with Crippen molar-refractivity contribution in [3.63, 3.8) is 0 Å². The van der Waals surface area contributed by atoms with Gasteiger partial charge in [-0.15, -0.1) is 0 Å². The minimum Gasteiger partial charge on any atom is -0.366 e. The highest BCUT2D eigenvalue weighted by molar-refractivity contribution is 6.30. The fraction of sp³-hybridized carbons (Fsp3) is 0. The number of carbonyl (C=O) groups excluding carboxylic acids is 1. The van der Waals surface area contributed by atoms with Crippen LogP contribution in [0.5, 0.6) is 0 Å². The zero-order valence-electron chi connectivity index (χ0n) is 8.35. The van der Waals surface area contributed by atoms with Gasteiger partial charge in [0.2, 0.25) is 5.91 Å². The number of pyridine rings is 1. The molecule has 0 saturated carbocycles. The molecular formula is C12H9ClN2O. The minimum absolute atomic E-state index is 0.396. The van der Waals surface area contributed by atoms with E-state index in [1.807, 2.05) is 12.1 Å². The molecule has 0 aliphatic carbocycles. The molecule has 2 N–H and O–H groups in total. The molecule has 0 unspecified atom stereocenters. The number of rotatable bonds is 2. The molecule has 16 heavy (non-hydrogen) atoms. The molecule has 0 radical (unpaired) electrons. The van der Waals surface area contributed by atoms with E-state index in [4.69, 9.17) is 17.3 Å². The minimum atomic E-state index is -0.483. The summed E-state index contributed by atoms with van der Waals surface area (Å²) in [5.41, 5.74) is 7.37. The van der Waals surface area contributed by atoms with Crippen LogP contribution in [0.4, 0.5) is 0 Å². The van der Waals surface area contributed by atoms with Gasteiger partial charge in [0.25, 0.3) is 0 Å². The van der Waals surface area contributed by atoms with Crippen LogP contribution in [0.2, 0.25) is 5.02 Å². The lowest BCUT2D eigenvalue weighted by molar-refractivity contribution is 0.1000. The van der Waals surface area contributed by atoms with Crippen molar-refractivity contribution in [2.24, 2.45) is 5.73 Å². The van der Waals surface area contributed by atoms with Gasteiger partial charge in [-0.1, -0.05) is 23.7 Å². The first-order valence-electron chi connectivity index (χ1n) is 4.67. The van der Waals surface area contributed by atoms with E-state index in [2.05, 4.69) is 4.98 Å². The summed E-state index contributed by atoms with van der Waals surface area (Å²) in [6.45, 7) is 0. The highest BCUT2D eigenvalue weighted by atomic mass is 35.5. The molecule has 80 valence electrons. The third-order valence-corrected chi connectivity index (χ3v) is 2.45. The molecule has 0 aliphatic rings. The number of hydrogen-bond donors (Lipinski definition) is 1. The number of benzene rings is 1. The number of nitrogens with two attached hydrogens (primary N) is 1. The Morgan fingerprint density at radius 1 is 1.12 bits per heavy atom. The quantitative estimate of drug-likeness (QED) is 0.865. The molecule has 1 aromatic carbocycles. The van der Waals surface area contributed by atoms with E-state index >= 15 is 0 Å². The Bertz CT molecular complexity index is 523. The number of carbonyl (C=O) groups is 1. The number of aromatic nitrogens is 1. The molecule has 0 bridgehead atoms. The van der Waals surface area contributed by atoms with E-state index in [1.165, 1.54) is 6.20 Å². The maximum absolute atomic E-state index is 11.0. The SMILES string of the molecule is NC(=O)c1cncc(-c2ccc(Cl)cc2)c1. The van der Waals surface area contributed by atoms with Crippen LogP contribution >= 0.6 is 11.6 Å². The van der Waals surface area contributed by atoms with Gasteiger partial charge in [-0.3, -0.25) is 9.78 Å². The summed E-state index contributed by atoms with van der Waals surface area (Å²) in [5, 5.41) is 0.669. The Labute approximate surface area is 97.9 Å². The fourth-order valence-corrected chi connectivity index (χ4v) is 1.50. The van der Waals surface area contributed by atoms with Crippen LogP contribution < -0.4 is 5.73 Å². The summed E-state index contributed by atoms with van der Waals surface area (Å²) in [6.07, 6.45) is 3.12. The molecule has 1 heterocycles. The molecule has 1 amide bonds. The maximum atomic E-state index is 11.0. The summed E-state index contributed by atoms with van der Waals surface area (Å²) in [5.74, 6) is -0.483. The number of primary amides is 1. The second kappa shape index (κ2) is 4.33. The normalized spacial score (nSPS) is 10.1. The predicted molar refractivity (Wildman–Crippen MR) is 63.2 cm³/mol. The van der Waals surface area contributed by atoms with E-state index in [1.54, 1.807) is 24.4 Å². The first kappa shape index (κ1) is 10.6. The van der Waals surface area contributed by atoms with Gasteiger partial charge >= 0.3 is 0 Å². The second-order valence-electron chi connectivity index (χ2n) is 3.33. The Morgan fingerprint density at radius 3 is 2.44 bits per heavy atom. The molecule has 3 nitrogen and oxygen atoms in total.